The summed E-state index contributed by atoms with van der Waals surface area (Å²) < 4.78 is 17.7. The molecule has 0 spiro atoms. The second kappa shape index (κ2) is 6.50. The Labute approximate surface area is 89.4 Å². The Morgan fingerprint density at radius 1 is 1.40 bits per heavy atom. The fourth-order valence-electron chi connectivity index (χ4n) is 1.47. The van der Waals surface area contributed by atoms with Crippen molar-refractivity contribution >= 4 is 0 Å². The van der Waals surface area contributed by atoms with E-state index in [1.54, 1.807) is 19.2 Å². The van der Waals surface area contributed by atoms with Crippen molar-refractivity contribution < 1.29 is 9.13 Å². The van der Waals surface area contributed by atoms with Crippen LogP contribution in [0.2, 0.25) is 0 Å². The van der Waals surface area contributed by atoms with Crippen molar-refractivity contribution in [2.75, 3.05) is 13.7 Å². The van der Waals surface area contributed by atoms with E-state index in [-0.39, 0.29) is 11.9 Å². The van der Waals surface area contributed by atoms with Gasteiger partial charge in [0.25, 0.3) is 0 Å². The Bertz CT molecular complexity index is 276. The molecule has 0 aromatic heterocycles. The molecule has 0 aliphatic rings. The zero-order valence-corrected chi connectivity index (χ0v) is 8.87. The minimum absolute atomic E-state index is 0.0562. The lowest BCUT2D eigenvalue weighted by Crippen LogP contribution is -2.28. The molecule has 1 unspecified atom stereocenters. The number of halogens is 1. The highest BCUT2D eigenvalue weighted by Gasteiger charge is 2.08. The first kappa shape index (κ1) is 12.1. The molecule has 0 fully saturated rings. The first-order valence-corrected chi connectivity index (χ1v) is 4.98. The van der Waals surface area contributed by atoms with Gasteiger partial charge in [0.05, 0.1) is 0 Å². The topological polar surface area (TPSA) is 47.3 Å². The van der Waals surface area contributed by atoms with Crippen LogP contribution in [0, 0.1) is 5.82 Å². The molecule has 4 heteroatoms. The molecule has 0 amide bonds. The zero-order valence-electron chi connectivity index (χ0n) is 8.87. The molecule has 1 atom stereocenters. The summed E-state index contributed by atoms with van der Waals surface area (Å²) in [5.41, 5.74) is 3.71. The Morgan fingerprint density at radius 3 is 2.60 bits per heavy atom. The third-order valence-electron chi connectivity index (χ3n) is 2.31. The molecule has 0 aliphatic carbocycles. The minimum atomic E-state index is -0.230. The SMILES string of the molecule is COCCCC(NN)c1ccc(F)cc1. The fraction of sp³-hybridized carbons (Fsp3) is 0.455. The lowest BCUT2D eigenvalue weighted by molar-refractivity contribution is 0.189. The minimum Gasteiger partial charge on any atom is -0.385 e. The third-order valence-corrected chi connectivity index (χ3v) is 2.31. The maximum absolute atomic E-state index is 12.7. The van der Waals surface area contributed by atoms with Gasteiger partial charge in [0.15, 0.2) is 0 Å². The molecule has 15 heavy (non-hydrogen) atoms. The van der Waals surface area contributed by atoms with E-state index in [0.29, 0.717) is 6.61 Å². The van der Waals surface area contributed by atoms with Crippen LogP contribution in [0.25, 0.3) is 0 Å². The van der Waals surface area contributed by atoms with E-state index in [4.69, 9.17) is 10.6 Å². The maximum Gasteiger partial charge on any atom is 0.123 e. The van der Waals surface area contributed by atoms with Gasteiger partial charge in [-0.15, -0.1) is 0 Å². The quantitative estimate of drug-likeness (QED) is 0.429. The highest BCUT2D eigenvalue weighted by atomic mass is 19.1. The average Bonchev–Trinajstić information content (AvgIpc) is 2.26. The van der Waals surface area contributed by atoms with Gasteiger partial charge >= 0.3 is 0 Å². The number of benzene rings is 1. The molecule has 0 heterocycles. The lowest BCUT2D eigenvalue weighted by Gasteiger charge is -2.15. The van der Waals surface area contributed by atoms with Crippen LogP contribution in [0.15, 0.2) is 24.3 Å². The van der Waals surface area contributed by atoms with Gasteiger partial charge in [-0.3, -0.25) is 11.3 Å². The highest BCUT2D eigenvalue weighted by Crippen LogP contribution is 2.17. The maximum atomic E-state index is 12.7. The first-order valence-electron chi connectivity index (χ1n) is 4.98. The van der Waals surface area contributed by atoms with Crippen molar-refractivity contribution in [3.05, 3.63) is 35.6 Å². The molecule has 3 N–H and O–H groups in total. The number of nitrogens with one attached hydrogen (secondary N) is 1. The summed E-state index contributed by atoms with van der Waals surface area (Å²) in [4.78, 5) is 0. The number of methoxy groups -OCH3 is 1. The summed E-state index contributed by atoms with van der Waals surface area (Å²) >= 11 is 0. The summed E-state index contributed by atoms with van der Waals surface area (Å²) in [6.45, 7) is 0.708. The Morgan fingerprint density at radius 2 is 2.07 bits per heavy atom. The zero-order chi connectivity index (χ0) is 11.1. The molecule has 0 aliphatic heterocycles. The van der Waals surface area contributed by atoms with Crippen LogP contribution >= 0.6 is 0 Å². The number of hydrogen-bond acceptors (Lipinski definition) is 3. The molecule has 1 rings (SSSR count). The number of hydrazine groups is 1. The number of hydrogen-bond donors (Lipinski definition) is 2. The van der Waals surface area contributed by atoms with E-state index in [1.165, 1.54) is 12.1 Å². The standard InChI is InChI=1S/C11H17FN2O/c1-15-8-2-3-11(14-13)9-4-6-10(12)7-5-9/h4-7,11,14H,2-3,8,13H2,1H3. The van der Waals surface area contributed by atoms with Crippen LogP contribution in [0.5, 0.6) is 0 Å². The molecule has 3 nitrogen and oxygen atoms in total. The number of ether oxygens (including phenoxy) is 1. The molecule has 1 aromatic rings. The van der Waals surface area contributed by atoms with Gasteiger partial charge in [-0.2, -0.15) is 0 Å². The van der Waals surface area contributed by atoms with Crippen molar-refractivity contribution in [2.24, 2.45) is 5.84 Å². The summed E-state index contributed by atoms with van der Waals surface area (Å²) in [5.74, 6) is 5.21. The molecule has 0 radical (unpaired) electrons. The summed E-state index contributed by atoms with van der Waals surface area (Å²) in [7, 11) is 1.67. The van der Waals surface area contributed by atoms with Gasteiger partial charge in [-0.05, 0) is 30.5 Å². The summed E-state index contributed by atoms with van der Waals surface area (Å²) in [5, 5.41) is 0. The lowest BCUT2D eigenvalue weighted by atomic mass is 10.0. The van der Waals surface area contributed by atoms with Crippen LogP contribution in [0.4, 0.5) is 4.39 Å². The van der Waals surface area contributed by atoms with E-state index < -0.39 is 0 Å². The molecule has 84 valence electrons. The van der Waals surface area contributed by atoms with Gasteiger partial charge < -0.3 is 4.74 Å². The van der Waals surface area contributed by atoms with Crippen molar-refractivity contribution in [3.8, 4) is 0 Å². The fourth-order valence-corrected chi connectivity index (χ4v) is 1.47. The van der Waals surface area contributed by atoms with Crippen LogP contribution in [0.1, 0.15) is 24.4 Å². The second-order valence-corrected chi connectivity index (χ2v) is 3.41. The molecular weight excluding hydrogens is 195 g/mol. The summed E-state index contributed by atoms with van der Waals surface area (Å²) in [6.07, 6.45) is 1.79. The van der Waals surface area contributed by atoms with Crippen LogP contribution in [-0.4, -0.2) is 13.7 Å². The highest BCUT2D eigenvalue weighted by molar-refractivity contribution is 5.19. The summed E-state index contributed by atoms with van der Waals surface area (Å²) in [6, 6.07) is 6.42. The van der Waals surface area contributed by atoms with Crippen molar-refractivity contribution in [1.29, 1.82) is 0 Å². The van der Waals surface area contributed by atoms with E-state index in [0.717, 1.165) is 18.4 Å². The predicted molar refractivity (Wildman–Crippen MR) is 57.6 cm³/mol. The van der Waals surface area contributed by atoms with Crippen LogP contribution in [0.3, 0.4) is 0 Å². The van der Waals surface area contributed by atoms with Gasteiger partial charge in [-0.25, -0.2) is 4.39 Å². The van der Waals surface area contributed by atoms with Crippen molar-refractivity contribution in [2.45, 2.75) is 18.9 Å². The van der Waals surface area contributed by atoms with Gasteiger partial charge in [-0.1, -0.05) is 12.1 Å². The van der Waals surface area contributed by atoms with Gasteiger partial charge in [0.2, 0.25) is 0 Å². The average molecular weight is 212 g/mol. The Balaban J connectivity index is 2.53. The van der Waals surface area contributed by atoms with Crippen molar-refractivity contribution in [1.82, 2.24) is 5.43 Å². The number of nitrogens with two attached hydrogens (primary N) is 1. The number of rotatable bonds is 6. The van der Waals surface area contributed by atoms with E-state index >= 15 is 0 Å². The normalized spacial score (nSPS) is 12.7. The molecule has 0 bridgehead atoms. The second-order valence-electron chi connectivity index (χ2n) is 3.41. The predicted octanol–water partition coefficient (Wildman–Crippen LogP) is 1.76. The van der Waals surface area contributed by atoms with Crippen molar-refractivity contribution in [3.63, 3.8) is 0 Å². The Hall–Kier alpha value is -0.970. The van der Waals surface area contributed by atoms with Gasteiger partial charge in [0.1, 0.15) is 5.82 Å². The smallest absolute Gasteiger partial charge is 0.123 e. The molecule has 0 saturated heterocycles. The molecule has 1 aromatic carbocycles. The van der Waals surface area contributed by atoms with Crippen LogP contribution < -0.4 is 11.3 Å². The molecule has 0 saturated carbocycles. The van der Waals surface area contributed by atoms with Gasteiger partial charge in [0, 0.05) is 19.8 Å². The Kier molecular flexibility index (Phi) is 5.25. The molecular formula is C11H17FN2O. The van der Waals surface area contributed by atoms with E-state index in [1.807, 2.05) is 0 Å². The third kappa shape index (κ3) is 3.95. The first-order chi connectivity index (χ1) is 7.27. The van der Waals surface area contributed by atoms with Crippen LogP contribution in [-0.2, 0) is 4.74 Å². The van der Waals surface area contributed by atoms with E-state index in [9.17, 15) is 4.39 Å². The monoisotopic (exact) mass is 212 g/mol. The van der Waals surface area contributed by atoms with E-state index in [2.05, 4.69) is 5.43 Å². The largest absolute Gasteiger partial charge is 0.385 e.